The van der Waals surface area contributed by atoms with Gasteiger partial charge in [0.2, 0.25) is 0 Å². The monoisotopic (exact) mass is 437 g/mol. The number of halogens is 4. The minimum Gasteiger partial charge on any atom is -0.384 e. The van der Waals surface area contributed by atoms with Crippen LogP contribution < -0.4 is 5.32 Å². The Balaban J connectivity index is 3.37. The maximum Gasteiger partial charge on any atom is 0.534 e. The Hall–Kier alpha value is -1.93. The molecular weight excluding hydrogens is 415 g/mol. The fraction of sp³-hybridized carbons (Fsp3) is 0.368. The van der Waals surface area contributed by atoms with E-state index in [0.717, 1.165) is 17.2 Å². The highest BCUT2D eigenvalue weighted by molar-refractivity contribution is 7.87. The molecule has 0 aromatic heterocycles. The SMILES string of the molecule is C=CNC(C)(/C(C)=C\C)C(C)c1ccc(Cl)cc1/C=C/OS(=O)(=O)C(F)(F)F. The summed E-state index contributed by atoms with van der Waals surface area (Å²) in [6.45, 7) is 11.4. The molecule has 0 bridgehead atoms. The Bertz CT molecular complexity index is 879. The summed E-state index contributed by atoms with van der Waals surface area (Å²) in [6.07, 6.45) is 5.14. The zero-order valence-electron chi connectivity index (χ0n) is 16.0. The lowest BCUT2D eigenvalue weighted by Crippen LogP contribution is -2.45. The summed E-state index contributed by atoms with van der Waals surface area (Å²) in [5.41, 5.74) is -3.88. The predicted molar refractivity (Wildman–Crippen MR) is 106 cm³/mol. The Labute approximate surface area is 168 Å². The quantitative estimate of drug-likeness (QED) is 0.244. The molecule has 0 aliphatic rings. The zero-order valence-corrected chi connectivity index (χ0v) is 17.5. The predicted octanol–water partition coefficient (Wildman–Crippen LogP) is 5.74. The molecule has 4 nitrogen and oxygen atoms in total. The number of nitrogens with one attached hydrogen (secondary N) is 1. The van der Waals surface area contributed by atoms with Crippen LogP contribution in [0.4, 0.5) is 13.2 Å². The van der Waals surface area contributed by atoms with Crippen molar-refractivity contribution in [3.8, 4) is 0 Å². The molecule has 1 N–H and O–H groups in total. The third kappa shape index (κ3) is 5.32. The highest BCUT2D eigenvalue weighted by atomic mass is 35.5. The third-order valence-electron chi connectivity index (χ3n) is 4.75. The first-order valence-corrected chi connectivity index (χ1v) is 10.1. The average Bonchev–Trinajstić information content (AvgIpc) is 2.59. The molecule has 0 saturated carbocycles. The number of hydrogen-bond donors (Lipinski definition) is 1. The third-order valence-corrected chi connectivity index (χ3v) is 5.92. The van der Waals surface area contributed by atoms with Gasteiger partial charge in [-0.05, 0) is 56.3 Å². The molecule has 156 valence electrons. The average molecular weight is 438 g/mol. The zero-order chi connectivity index (χ0) is 21.8. The maximum atomic E-state index is 12.4. The molecule has 0 spiro atoms. The van der Waals surface area contributed by atoms with Crippen molar-refractivity contribution in [2.75, 3.05) is 0 Å². The van der Waals surface area contributed by atoms with Gasteiger partial charge in [0, 0.05) is 10.9 Å². The Morgan fingerprint density at radius 2 is 1.96 bits per heavy atom. The number of rotatable bonds is 8. The number of alkyl halides is 3. The minimum absolute atomic E-state index is 0.183. The van der Waals surface area contributed by atoms with Gasteiger partial charge in [-0.25, -0.2) is 0 Å². The van der Waals surface area contributed by atoms with Crippen LogP contribution >= 0.6 is 11.6 Å². The van der Waals surface area contributed by atoms with Gasteiger partial charge in [-0.2, -0.15) is 21.6 Å². The van der Waals surface area contributed by atoms with Crippen molar-refractivity contribution in [3.63, 3.8) is 0 Å². The van der Waals surface area contributed by atoms with Gasteiger partial charge in [0.05, 0.1) is 5.54 Å². The first-order valence-electron chi connectivity index (χ1n) is 8.27. The number of hydrogen-bond acceptors (Lipinski definition) is 4. The molecule has 1 rings (SSSR count). The highest BCUT2D eigenvalue weighted by Crippen LogP contribution is 2.37. The van der Waals surface area contributed by atoms with E-state index in [1.807, 2.05) is 33.8 Å². The second-order valence-corrected chi connectivity index (χ2v) is 8.32. The molecule has 1 aromatic rings. The first-order chi connectivity index (χ1) is 12.8. The smallest absolute Gasteiger partial charge is 0.384 e. The van der Waals surface area contributed by atoms with Crippen LogP contribution in [0.5, 0.6) is 0 Å². The maximum absolute atomic E-state index is 12.4. The van der Waals surface area contributed by atoms with Crippen LogP contribution in [0.1, 0.15) is 44.7 Å². The van der Waals surface area contributed by atoms with E-state index in [-0.39, 0.29) is 5.92 Å². The van der Waals surface area contributed by atoms with Crippen molar-refractivity contribution in [1.82, 2.24) is 5.32 Å². The van der Waals surface area contributed by atoms with Crippen LogP contribution in [0.15, 0.2) is 48.9 Å². The van der Waals surface area contributed by atoms with E-state index in [9.17, 15) is 21.6 Å². The van der Waals surface area contributed by atoms with Crippen LogP contribution in [-0.2, 0) is 14.3 Å². The van der Waals surface area contributed by atoms with E-state index < -0.39 is 21.2 Å². The van der Waals surface area contributed by atoms with Crippen molar-refractivity contribution in [1.29, 1.82) is 0 Å². The van der Waals surface area contributed by atoms with Crippen molar-refractivity contribution in [3.05, 3.63) is 65.0 Å². The largest absolute Gasteiger partial charge is 0.534 e. The fourth-order valence-corrected chi connectivity index (χ4v) is 3.21. The molecular formula is C19H23ClF3NO3S. The van der Waals surface area contributed by atoms with Gasteiger partial charge in [-0.15, -0.1) is 0 Å². The lowest BCUT2D eigenvalue weighted by atomic mass is 9.75. The summed E-state index contributed by atoms with van der Waals surface area (Å²) in [5, 5.41) is 3.56. The van der Waals surface area contributed by atoms with E-state index >= 15 is 0 Å². The molecule has 0 aliphatic carbocycles. The van der Waals surface area contributed by atoms with Crippen LogP contribution in [0.2, 0.25) is 5.02 Å². The van der Waals surface area contributed by atoms with E-state index in [1.54, 1.807) is 18.3 Å². The molecule has 9 heteroatoms. The standard InChI is InChI=1S/C19H23ClF3NO3S/c1-6-13(3)18(5,24-7-2)14(4)17-9-8-16(20)12-15(17)10-11-27-28(25,26)19(21,22)23/h6-12,14,24H,2H2,1,3-5H3/b11-10+,13-6-. The lowest BCUT2D eigenvalue weighted by Gasteiger charge is -2.38. The van der Waals surface area contributed by atoms with E-state index in [4.69, 9.17) is 11.6 Å². The molecule has 28 heavy (non-hydrogen) atoms. The normalized spacial score (nSPS) is 16.5. The second-order valence-electron chi connectivity index (χ2n) is 6.32. The summed E-state index contributed by atoms with van der Waals surface area (Å²) in [6, 6.07) is 4.90. The lowest BCUT2D eigenvalue weighted by molar-refractivity contribution is -0.0514. The van der Waals surface area contributed by atoms with Crippen LogP contribution in [0.3, 0.4) is 0 Å². The van der Waals surface area contributed by atoms with E-state index in [2.05, 4.69) is 16.1 Å². The summed E-state index contributed by atoms with van der Waals surface area (Å²) < 4.78 is 63.3. The Kier molecular flexibility index (Phi) is 7.79. The molecule has 0 saturated heterocycles. The topological polar surface area (TPSA) is 55.4 Å². The summed E-state index contributed by atoms with van der Waals surface area (Å²) >= 11 is 6.01. The van der Waals surface area contributed by atoms with Crippen molar-refractivity contribution in [2.24, 2.45) is 0 Å². The second kappa shape index (κ2) is 9.05. The minimum atomic E-state index is -5.72. The van der Waals surface area contributed by atoms with Crippen LogP contribution in [0.25, 0.3) is 6.08 Å². The molecule has 1 aromatic carbocycles. The highest BCUT2D eigenvalue weighted by Gasteiger charge is 2.47. The van der Waals surface area contributed by atoms with Gasteiger partial charge in [0.1, 0.15) is 6.26 Å². The van der Waals surface area contributed by atoms with E-state index in [0.29, 0.717) is 16.8 Å². The summed E-state index contributed by atoms with van der Waals surface area (Å²) in [5.74, 6) is -0.183. The van der Waals surface area contributed by atoms with Crippen LogP contribution in [0, 0.1) is 0 Å². The Morgan fingerprint density at radius 3 is 2.46 bits per heavy atom. The molecule has 2 atom stereocenters. The van der Waals surface area contributed by atoms with Crippen LogP contribution in [-0.4, -0.2) is 19.5 Å². The van der Waals surface area contributed by atoms with Gasteiger partial charge in [-0.1, -0.05) is 42.8 Å². The fourth-order valence-electron chi connectivity index (χ4n) is 2.72. The van der Waals surface area contributed by atoms with Gasteiger partial charge >= 0.3 is 15.6 Å². The van der Waals surface area contributed by atoms with Crippen molar-refractivity contribution < 1.29 is 25.8 Å². The molecule has 0 aliphatic heterocycles. The molecule has 0 amide bonds. The van der Waals surface area contributed by atoms with E-state index in [1.165, 1.54) is 6.07 Å². The molecule has 0 fully saturated rings. The van der Waals surface area contributed by atoms with Gasteiger partial charge in [-0.3, -0.25) is 0 Å². The summed E-state index contributed by atoms with van der Waals surface area (Å²) in [7, 11) is -5.72. The van der Waals surface area contributed by atoms with Crippen molar-refractivity contribution >= 4 is 27.8 Å². The van der Waals surface area contributed by atoms with Gasteiger partial charge < -0.3 is 9.50 Å². The molecule has 0 radical (unpaired) electrons. The van der Waals surface area contributed by atoms with Crippen molar-refractivity contribution in [2.45, 2.75) is 44.7 Å². The molecule has 2 unspecified atom stereocenters. The van der Waals surface area contributed by atoms with Gasteiger partial charge in [0.25, 0.3) is 0 Å². The number of allylic oxidation sites excluding steroid dienone is 1. The van der Waals surface area contributed by atoms with Gasteiger partial charge in [0.15, 0.2) is 0 Å². The number of benzene rings is 1. The molecule has 0 heterocycles. The summed E-state index contributed by atoms with van der Waals surface area (Å²) in [4.78, 5) is 0. The first kappa shape index (κ1) is 24.1. The Morgan fingerprint density at radius 1 is 1.36 bits per heavy atom.